The van der Waals surface area contributed by atoms with Crippen molar-refractivity contribution in [3.63, 3.8) is 0 Å². The van der Waals surface area contributed by atoms with E-state index in [-0.39, 0.29) is 25.7 Å². The Bertz CT molecular complexity index is 758. The predicted octanol–water partition coefficient (Wildman–Crippen LogP) is -0.752. The molecular formula is C15H14F3N3O4. The van der Waals surface area contributed by atoms with Crippen LogP contribution in [0.2, 0.25) is 0 Å². The van der Waals surface area contributed by atoms with Crippen LogP contribution in [0.15, 0.2) is 12.1 Å². The topological polar surface area (TPSA) is 89.9 Å². The summed E-state index contributed by atoms with van der Waals surface area (Å²) in [5.74, 6) is -5.91. The van der Waals surface area contributed by atoms with Crippen molar-refractivity contribution < 1.29 is 32.7 Å². The molecule has 1 aromatic rings. The molecule has 2 atom stereocenters. The zero-order valence-electron chi connectivity index (χ0n) is 12.8. The Morgan fingerprint density at radius 1 is 1.16 bits per heavy atom. The summed E-state index contributed by atoms with van der Waals surface area (Å²) >= 11 is 0. The van der Waals surface area contributed by atoms with Gasteiger partial charge in [0.05, 0.1) is 18.7 Å². The number of rotatable bonds is 2. The standard InChI is InChI=1S/C15H14F3N3O4/c16-8-4-10(18)9(17)3-7(8)14(24)20-1-2-21-12(5-20)13(23)19-11(6-22)15(21)25/h3-4,11-12,22H,1-2,5-6H2,(H,19,23)/t11-,12+/m0/s1. The second kappa shape index (κ2) is 6.36. The van der Waals surface area contributed by atoms with Crippen molar-refractivity contribution >= 4 is 17.7 Å². The van der Waals surface area contributed by atoms with Crippen LogP contribution in [0.1, 0.15) is 10.4 Å². The van der Waals surface area contributed by atoms with E-state index < -0.39 is 59.4 Å². The number of nitrogens with one attached hydrogen (secondary N) is 1. The largest absolute Gasteiger partial charge is 0.394 e. The number of hydrogen-bond donors (Lipinski definition) is 2. The minimum Gasteiger partial charge on any atom is -0.394 e. The molecule has 0 aliphatic carbocycles. The molecular weight excluding hydrogens is 343 g/mol. The van der Waals surface area contributed by atoms with Gasteiger partial charge in [0.15, 0.2) is 11.6 Å². The number of aliphatic hydroxyl groups excluding tert-OH is 1. The summed E-state index contributed by atoms with van der Waals surface area (Å²) in [6.45, 7) is -0.765. The number of fused-ring (bicyclic) bond motifs is 1. The van der Waals surface area contributed by atoms with Crippen LogP contribution in [0, 0.1) is 17.5 Å². The van der Waals surface area contributed by atoms with Gasteiger partial charge in [-0.1, -0.05) is 0 Å². The number of piperazine rings is 2. The van der Waals surface area contributed by atoms with Gasteiger partial charge in [-0.2, -0.15) is 0 Å². The van der Waals surface area contributed by atoms with Crippen molar-refractivity contribution in [2.24, 2.45) is 0 Å². The highest BCUT2D eigenvalue weighted by Gasteiger charge is 2.44. The fraction of sp³-hybridized carbons (Fsp3) is 0.400. The van der Waals surface area contributed by atoms with Crippen LogP contribution >= 0.6 is 0 Å². The molecule has 2 aliphatic heterocycles. The summed E-state index contributed by atoms with van der Waals surface area (Å²) in [7, 11) is 0. The molecule has 2 aliphatic rings. The molecule has 3 rings (SSSR count). The number of amides is 3. The van der Waals surface area contributed by atoms with Gasteiger partial charge < -0.3 is 20.2 Å². The molecule has 3 amide bonds. The van der Waals surface area contributed by atoms with E-state index in [2.05, 4.69) is 5.32 Å². The lowest BCUT2D eigenvalue weighted by atomic mass is 10.0. The molecule has 0 radical (unpaired) electrons. The molecule has 2 heterocycles. The van der Waals surface area contributed by atoms with E-state index in [1.54, 1.807) is 0 Å². The average Bonchev–Trinajstić information content (AvgIpc) is 2.60. The van der Waals surface area contributed by atoms with E-state index in [1.807, 2.05) is 0 Å². The monoisotopic (exact) mass is 357 g/mol. The first-order chi connectivity index (χ1) is 11.8. The van der Waals surface area contributed by atoms with Crippen LogP contribution in [0.5, 0.6) is 0 Å². The minimum absolute atomic E-state index is 0.00442. The fourth-order valence-corrected chi connectivity index (χ4v) is 2.97. The fourth-order valence-electron chi connectivity index (χ4n) is 2.97. The Kier molecular flexibility index (Phi) is 4.38. The van der Waals surface area contributed by atoms with Crippen molar-refractivity contribution in [1.82, 2.24) is 15.1 Å². The lowest BCUT2D eigenvalue weighted by molar-refractivity contribution is -0.153. The second-order valence-corrected chi connectivity index (χ2v) is 5.79. The van der Waals surface area contributed by atoms with Crippen molar-refractivity contribution in [2.75, 3.05) is 26.2 Å². The zero-order chi connectivity index (χ0) is 18.3. The van der Waals surface area contributed by atoms with E-state index in [0.29, 0.717) is 6.07 Å². The molecule has 0 saturated carbocycles. The SMILES string of the molecule is O=C1N[C@@H](CO)C(=O)N2CCN(C(=O)c3cc(F)c(F)cc3F)C[C@H]12. The molecule has 1 aromatic carbocycles. The summed E-state index contributed by atoms with van der Waals surface area (Å²) in [5, 5.41) is 11.4. The normalized spacial score (nSPS) is 23.4. The molecule has 10 heteroatoms. The van der Waals surface area contributed by atoms with Crippen LogP contribution < -0.4 is 5.32 Å². The molecule has 2 saturated heterocycles. The Balaban J connectivity index is 1.81. The maximum Gasteiger partial charge on any atom is 0.257 e. The maximum atomic E-state index is 13.8. The van der Waals surface area contributed by atoms with Gasteiger partial charge in [-0.15, -0.1) is 0 Å². The highest BCUT2D eigenvalue weighted by atomic mass is 19.2. The first kappa shape index (κ1) is 17.2. The van der Waals surface area contributed by atoms with Crippen molar-refractivity contribution in [3.8, 4) is 0 Å². The Labute approximate surface area is 140 Å². The van der Waals surface area contributed by atoms with Crippen molar-refractivity contribution in [1.29, 1.82) is 0 Å². The van der Waals surface area contributed by atoms with Gasteiger partial charge in [-0.05, 0) is 6.07 Å². The predicted molar refractivity (Wildman–Crippen MR) is 76.7 cm³/mol. The van der Waals surface area contributed by atoms with Crippen molar-refractivity contribution in [2.45, 2.75) is 12.1 Å². The zero-order valence-corrected chi connectivity index (χ0v) is 12.8. The van der Waals surface area contributed by atoms with Gasteiger partial charge in [0.2, 0.25) is 11.8 Å². The van der Waals surface area contributed by atoms with E-state index >= 15 is 0 Å². The van der Waals surface area contributed by atoms with E-state index in [4.69, 9.17) is 5.11 Å². The van der Waals surface area contributed by atoms with Crippen LogP contribution in [0.4, 0.5) is 13.2 Å². The number of benzene rings is 1. The molecule has 2 fully saturated rings. The van der Waals surface area contributed by atoms with Gasteiger partial charge in [-0.3, -0.25) is 14.4 Å². The summed E-state index contributed by atoms with van der Waals surface area (Å²) < 4.78 is 40.1. The smallest absolute Gasteiger partial charge is 0.257 e. The summed E-state index contributed by atoms with van der Waals surface area (Å²) in [6.07, 6.45) is 0. The molecule has 0 bridgehead atoms. The number of nitrogens with zero attached hydrogens (tertiary/aromatic N) is 2. The second-order valence-electron chi connectivity index (χ2n) is 5.79. The number of aliphatic hydroxyl groups is 1. The summed E-state index contributed by atoms with van der Waals surface area (Å²) in [5.41, 5.74) is -0.650. The Hall–Kier alpha value is -2.62. The lowest BCUT2D eigenvalue weighted by Gasteiger charge is -2.44. The third-order valence-electron chi connectivity index (χ3n) is 4.29. The number of hydrogen-bond acceptors (Lipinski definition) is 4. The van der Waals surface area contributed by atoms with E-state index in [9.17, 15) is 27.6 Å². The summed E-state index contributed by atoms with van der Waals surface area (Å²) in [6, 6.07) is -1.27. The third kappa shape index (κ3) is 2.93. The quantitative estimate of drug-likeness (QED) is 0.682. The van der Waals surface area contributed by atoms with Gasteiger partial charge in [0, 0.05) is 19.2 Å². The van der Waals surface area contributed by atoms with Crippen molar-refractivity contribution in [3.05, 3.63) is 35.1 Å². The van der Waals surface area contributed by atoms with Crippen LogP contribution in [0.3, 0.4) is 0 Å². The van der Waals surface area contributed by atoms with Gasteiger partial charge in [0.25, 0.3) is 5.91 Å². The lowest BCUT2D eigenvalue weighted by Crippen LogP contribution is -2.70. The van der Waals surface area contributed by atoms with Crippen LogP contribution in [0.25, 0.3) is 0 Å². The molecule has 134 valence electrons. The van der Waals surface area contributed by atoms with Gasteiger partial charge in [0.1, 0.15) is 17.9 Å². The van der Waals surface area contributed by atoms with Gasteiger partial charge >= 0.3 is 0 Å². The highest BCUT2D eigenvalue weighted by molar-refractivity contribution is 5.99. The maximum absolute atomic E-state index is 13.8. The molecule has 0 spiro atoms. The van der Waals surface area contributed by atoms with E-state index in [1.165, 1.54) is 4.90 Å². The van der Waals surface area contributed by atoms with Gasteiger partial charge in [-0.25, -0.2) is 13.2 Å². The van der Waals surface area contributed by atoms with Crippen LogP contribution in [-0.4, -0.2) is 71.0 Å². The molecule has 25 heavy (non-hydrogen) atoms. The minimum atomic E-state index is -1.41. The first-order valence-electron chi connectivity index (χ1n) is 7.49. The van der Waals surface area contributed by atoms with Crippen LogP contribution in [-0.2, 0) is 9.59 Å². The molecule has 0 unspecified atom stereocenters. The molecule has 7 nitrogen and oxygen atoms in total. The highest BCUT2D eigenvalue weighted by Crippen LogP contribution is 2.20. The Morgan fingerprint density at radius 3 is 2.52 bits per heavy atom. The average molecular weight is 357 g/mol. The number of halogens is 3. The Morgan fingerprint density at radius 2 is 1.84 bits per heavy atom. The first-order valence-corrected chi connectivity index (χ1v) is 7.49. The number of carbonyl (C=O) groups is 3. The summed E-state index contributed by atoms with van der Waals surface area (Å²) in [4.78, 5) is 38.9. The number of carbonyl (C=O) groups excluding carboxylic acids is 3. The molecule has 0 aromatic heterocycles. The molecule has 2 N–H and O–H groups in total. The van der Waals surface area contributed by atoms with E-state index in [0.717, 1.165) is 4.90 Å². The third-order valence-corrected chi connectivity index (χ3v) is 4.29.